The van der Waals surface area contributed by atoms with E-state index in [-0.39, 0.29) is 28.8 Å². The van der Waals surface area contributed by atoms with Crippen LogP contribution in [0.25, 0.3) is 10.9 Å². The summed E-state index contributed by atoms with van der Waals surface area (Å²) < 4.78 is 2.08. The number of rotatable bonds is 3. The van der Waals surface area contributed by atoms with Crippen LogP contribution in [0.1, 0.15) is 5.69 Å². The van der Waals surface area contributed by atoms with E-state index >= 15 is 0 Å². The lowest BCUT2D eigenvalue weighted by Crippen LogP contribution is -1.90. The van der Waals surface area contributed by atoms with Crippen LogP contribution in [0.3, 0.4) is 0 Å². The van der Waals surface area contributed by atoms with Crippen LogP contribution in [-0.2, 0) is 7.05 Å². The predicted molar refractivity (Wildman–Crippen MR) is 86.4 cm³/mol. The number of azo groups is 1. The van der Waals surface area contributed by atoms with Crippen molar-refractivity contribution < 1.29 is 10.0 Å². The minimum Gasteiger partial charge on any atom is -0.493 e. The second-order valence-electron chi connectivity index (χ2n) is 4.85. The van der Waals surface area contributed by atoms with Crippen molar-refractivity contribution in [3.05, 3.63) is 38.5 Å². The lowest BCUT2D eigenvalue weighted by atomic mass is 10.2. The number of hydrogen-bond acceptors (Lipinski definition) is 6. The Morgan fingerprint density at radius 1 is 1.43 bits per heavy atom. The summed E-state index contributed by atoms with van der Waals surface area (Å²) in [6, 6.07) is 5.35. The molecule has 0 atom stereocenters. The topological polar surface area (TPSA) is 122 Å². The summed E-state index contributed by atoms with van der Waals surface area (Å²) in [4.78, 5) is 13.3. The molecule has 3 rings (SSSR count). The Kier molecular flexibility index (Phi) is 3.60. The van der Waals surface area contributed by atoms with Gasteiger partial charge in [-0.1, -0.05) is 15.9 Å². The summed E-state index contributed by atoms with van der Waals surface area (Å²) in [6.45, 7) is 1.53. The molecule has 10 heteroatoms. The zero-order valence-corrected chi connectivity index (χ0v) is 13.7. The lowest BCUT2D eigenvalue weighted by molar-refractivity contribution is -0.384. The maximum Gasteiger partial charge on any atom is 0.337 e. The molecule has 0 aliphatic carbocycles. The quantitative estimate of drug-likeness (QED) is 0.406. The van der Waals surface area contributed by atoms with Crippen molar-refractivity contribution in [2.24, 2.45) is 17.3 Å². The molecule has 0 saturated heterocycles. The van der Waals surface area contributed by atoms with Crippen molar-refractivity contribution in [3.8, 4) is 5.88 Å². The van der Waals surface area contributed by atoms with Gasteiger partial charge >= 0.3 is 5.69 Å². The Balaban J connectivity index is 2.13. The molecule has 0 radical (unpaired) electrons. The molecule has 1 aromatic carbocycles. The number of hydrogen-bond donors (Lipinski definition) is 2. The molecule has 2 aromatic heterocycles. The van der Waals surface area contributed by atoms with E-state index in [1.165, 1.54) is 11.6 Å². The molecule has 0 bridgehead atoms. The van der Waals surface area contributed by atoms with Gasteiger partial charge in [-0.25, -0.2) is 4.68 Å². The maximum atomic E-state index is 11.1. The zero-order valence-electron chi connectivity index (χ0n) is 12.1. The molecule has 0 spiro atoms. The van der Waals surface area contributed by atoms with E-state index < -0.39 is 4.92 Å². The number of halogens is 1. The monoisotopic (exact) mass is 378 g/mol. The molecule has 118 valence electrons. The Labute approximate surface area is 137 Å². The molecule has 2 N–H and O–H groups in total. The van der Waals surface area contributed by atoms with E-state index in [2.05, 4.69) is 36.2 Å². The average Bonchev–Trinajstić information content (AvgIpc) is 2.92. The van der Waals surface area contributed by atoms with Crippen molar-refractivity contribution in [2.75, 3.05) is 0 Å². The van der Waals surface area contributed by atoms with Gasteiger partial charge in [0.1, 0.15) is 5.69 Å². The first-order chi connectivity index (χ1) is 10.9. The van der Waals surface area contributed by atoms with Crippen LogP contribution in [0.4, 0.5) is 17.2 Å². The van der Waals surface area contributed by atoms with Crippen LogP contribution in [0.2, 0.25) is 0 Å². The number of benzene rings is 1. The molecule has 0 fully saturated rings. The largest absolute Gasteiger partial charge is 0.493 e. The smallest absolute Gasteiger partial charge is 0.337 e. The highest BCUT2D eigenvalue weighted by Gasteiger charge is 2.24. The molecule has 0 aliphatic rings. The Bertz CT molecular complexity index is 958. The highest BCUT2D eigenvalue weighted by atomic mass is 79.9. The summed E-state index contributed by atoms with van der Waals surface area (Å²) in [5, 5.41) is 33.6. The van der Waals surface area contributed by atoms with Crippen LogP contribution < -0.4 is 0 Å². The number of nitrogens with zero attached hydrogens (tertiary/aromatic N) is 5. The van der Waals surface area contributed by atoms with Gasteiger partial charge in [0.2, 0.25) is 5.88 Å². The summed E-state index contributed by atoms with van der Waals surface area (Å²) in [6.07, 6.45) is 0. The summed E-state index contributed by atoms with van der Waals surface area (Å²) in [5.74, 6) is -0.153. The fraction of sp³-hybridized carbons (Fsp3) is 0.154. The number of aryl methyl sites for hydroxylation is 2. The third-order valence-corrected chi connectivity index (χ3v) is 3.80. The van der Waals surface area contributed by atoms with Gasteiger partial charge in [0.15, 0.2) is 5.69 Å². The van der Waals surface area contributed by atoms with Gasteiger partial charge in [0.25, 0.3) is 5.82 Å². The number of H-pyrrole nitrogens is 1. The molecule has 0 unspecified atom stereocenters. The normalized spacial score (nSPS) is 11.6. The number of aromatic amines is 1. The van der Waals surface area contributed by atoms with Gasteiger partial charge in [-0.05, 0) is 25.1 Å². The van der Waals surface area contributed by atoms with Gasteiger partial charge < -0.3 is 10.1 Å². The van der Waals surface area contributed by atoms with Crippen LogP contribution in [-0.4, -0.2) is 24.8 Å². The van der Waals surface area contributed by atoms with Crippen molar-refractivity contribution >= 4 is 44.0 Å². The van der Waals surface area contributed by atoms with Crippen molar-refractivity contribution in [3.63, 3.8) is 0 Å². The minimum atomic E-state index is -0.553. The Hall–Kier alpha value is -2.75. The van der Waals surface area contributed by atoms with Gasteiger partial charge in [-0.15, -0.1) is 10.2 Å². The van der Waals surface area contributed by atoms with Crippen molar-refractivity contribution in [1.29, 1.82) is 0 Å². The van der Waals surface area contributed by atoms with Crippen LogP contribution in [0.5, 0.6) is 5.88 Å². The number of aromatic nitrogens is 3. The Morgan fingerprint density at radius 3 is 2.87 bits per heavy atom. The highest BCUT2D eigenvalue weighted by molar-refractivity contribution is 9.10. The van der Waals surface area contributed by atoms with E-state index in [0.29, 0.717) is 10.9 Å². The first-order valence-electron chi connectivity index (χ1n) is 6.48. The molecule has 2 heterocycles. The fourth-order valence-corrected chi connectivity index (χ4v) is 2.66. The SMILES string of the molecule is Cc1nn(C)c(N=Nc2c(O)[nH]c3ccc(Br)cc23)c1[N+](=O)[O-]. The van der Waals surface area contributed by atoms with Crippen LogP contribution in [0.15, 0.2) is 32.9 Å². The second kappa shape index (κ2) is 5.47. The predicted octanol–water partition coefficient (Wildman–Crippen LogP) is 4.00. The highest BCUT2D eigenvalue weighted by Crippen LogP contribution is 2.39. The van der Waals surface area contributed by atoms with E-state index in [1.807, 2.05) is 6.07 Å². The summed E-state index contributed by atoms with van der Waals surface area (Å²) in [7, 11) is 1.54. The van der Waals surface area contributed by atoms with Gasteiger partial charge in [-0.2, -0.15) is 5.10 Å². The molecule has 23 heavy (non-hydrogen) atoms. The number of aromatic hydroxyl groups is 1. The van der Waals surface area contributed by atoms with E-state index in [1.54, 1.807) is 19.2 Å². The summed E-state index contributed by atoms with van der Waals surface area (Å²) in [5.41, 5.74) is 0.916. The van der Waals surface area contributed by atoms with Crippen LogP contribution >= 0.6 is 15.9 Å². The average molecular weight is 379 g/mol. The number of fused-ring (bicyclic) bond motifs is 1. The van der Waals surface area contributed by atoms with Gasteiger partial charge in [-0.3, -0.25) is 10.1 Å². The standard InChI is InChI=1S/C13H11BrN6O3/c1-6-11(20(22)23)12(19(2)18-6)17-16-10-8-5-7(14)3-4-9(8)15-13(10)21/h3-5,15,21H,1-2H3. The molecular weight excluding hydrogens is 368 g/mol. The molecule has 0 amide bonds. The van der Waals surface area contributed by atoms with E-state index in [9.17, 15) is 15.2 Å². The zero-order chi connectivity index (χ0) is 16.7. The molecule has 0 aliphatic heterocycles. The number of nitrogens with one attached hydrogen (secondary N) is 1. The minimum absolute atomic E-state index is 0.0104. The van der Waals surface area contributed by atoms with Crippen LogP contribution in [0, 0.1) is 17.0 Å². The molecule has 3 aromatic rings. The van der Waals surface area contributed by atoms with E-state index in [4.69, 9.17) is 0 Å². The molecule has 0 saturated carbocycles. The van der Waals surface area contributed by atoms with Gasteiger partial charge in [0, 0.05) is 16.9 Å². The first kappa shape index (κ1) is 15.2. The maximum absolute atomic E-state index is 11.1. The molecule has 9 nitrogen and oxygen atoms in total. The van der Waals surface area contributed by atoms with Crippen molar-refractivity contribution in [2.45, 2.75) is 6.92 Å². The lowest BCUT2D eigenvalue weighted by Gasteiger charge is -1.95. The second-order valence-corrected chi connectivity index (χ2v) is 5.77. The first-order valence-corrected chi connectivity index (χ1v) is 7.27. The fourth-order valence-electron chi connectivity index (χ4n) is 2.29. The Morgan fingerprint density at radius 2 is 2.17 bits per heavy atom. The summed E-state index contributed by atoms with van der Waals surface area (Å²) >= 11 is 3.35. The number of nitro groups is 1. The molecular formula is C13H11BrN6O3. The van der Waals surface area contributed by atoms with E-state index in [0.717, 1.165) is 4.47 Å². The third-order valence-electron chi connectivity index (χ3n) is 3.30. The third kappa shape index (κ3) is 2.57. The van der Waals surface area contributed by atoms with Gasteiger partial charge in [0.05, 0.1) is 10.4 Å². The van der Waals surface area contributed by atoms with Crippen molar-refractivity contribution in [1.82, 2.24) is 14.8 Å².